The van der Waals surface area contributed by atoms with Crippen LogP contribution >= 0.6 is 0 Å². The predicted molar refractivity (Wildman–Crippen MR) is 136 cm³/mol. The summed E-state index contributed by atoms with van der Waals surface area (Å²) in [6.45, 7) is 11.6. The summed E-state index contributed by atoms with van der Waals surface area (Å²) in [6, 6.07) is 16.1. The summed E-state index contributed by atoms with van der Waals surface area (Å²) in [5, 5.41) is 1.17. The third-order valence-corrected chi connectivity index (χ3v) is 7.44. The monoisotopic (exact) mass is 447 g/mol. The molecule has 2 saturated heterocycles. The zero-order valence-corrected chi connectivity index (χ0v) is 20.3. The third kappa shape index (κ3) is 4.87. The number of ether oxygens (including phenoxy) is 1. The molecule has 2 fully saturated rings. The van der Waals surface area contributed by atoms with Crippen LogP contribution in [0.25, 0.3) is 22.3 Å². The van der Waals surface area contributed by atoms with Crippen molar-refractivity contribution >= 4 is 16.7 Å². The Morgan fingerprint density at radius 2 is 1.82 bits per heavy atom. The number of H-pyrrole nitrogens is 1. The largest absolute Gasteiger partial charge is 0.497 e. The van der Waals surface area contributed by atoms with Crippen LogP contribution in [0.5, 0.6) is 5.75 Å². The molecular formula is C27H37N5O. The summed E-state index contributed by atoms with van der Waals surface area (Å²) in [5.41, 5.74) is 3.11. The number of methoxy groups -OCH3 is 1. The van der Waals surface area contributed by atoms with Crippen molar-refractivity contribution in [1.29, 1.82) is 0 Å². The highest BCUT2D eigenvalue weighted by Crippen LogP contribution is 2.28. The number of benzene rings is 1. The van der Waals surface area contributed by atoms with Gasteiger partial charge in [0.15, 0.2) is 0 Å². The third-order valence-electron chi connectivity index (χ3n) is 7.44. The van der Waals surface area contributed by atoms with Crippen molar-refractivity contribution in [2.45, 2.75) is 45.2 Å². The van der Waals surface area contributed by atoms with Gasteiger partial charge in [-0.3, -0.25) is 4.90 Å². The molecule has 0 saturated carbocycles. The van der Waals surface area contributed by atoms with E-state index in [2.05, 4.69) is 63.9 Å². The summed E-state index contributed by atoms with van der Waals surface area (Å²) in [4.78, 5) is 16.4. The molecule has 0 amide bonds. The van der Waals surface area contributed by atoms with E-state index < -0.39 is 0 Å². The van der Waals surface area contributed by atoms with E-state index in [0.717, 1.165) is 54.1 Å². The van der Waals surface area contributed by atoms with Crippen LogP contribution in [0.1, 0.15) is 33.1 Å². The quantitative estimate of drug-likeness (QED) is 0.618. The molecule has 0 aliphatic carbocycles. The highest BCUT2D eigenvalue weighted by molar-refractivity contribution is 5.86. The van der Waals surface area contributed by atoms with Gasteiger partial charge in [0.25, 0.3) is 0 Å². The Hall–Kier alpha value is -2.57. The van der Waals surface area contributed by atoms with Crippen LogP contribution < -0.4 is 9.64 Å². The van der Waals surface area contributed by atoms with Crippen molar-refractivity contribution in [3.8, 4) is 17.1 Å². The van der Waals surface area contributed by atoms with Crippen LogP contribution in [0.15, 0.2) is 42.5 Å². The molecule has 0 atom stereocenters. The zero-order valence-electron chi connectivity index (χ0n) is 20.3. The highest BCUT2D eigenvalue weighted by atomic mass is 16.5. The van der Waals surface area contributed by atoms with E-state index in [1.807, 2.05) is 12.1 Å². The first kappa shape index (κ1) is 22.2. The van der Waals surface area contributed by atoms with Gasteiger partial charge in [-0.15, -0.1) is 0 Å². The first-order chi connectivity index (χ1) is 16.1. The summed E-state index contributed by atoms with van der Waals surface area (Å²) in [6.07, 6.45) is 3.80. The Bertz CT molecular complexity index is 1070. The Labute approximate surface area is 197 Å². The summed E-state index contributed by atoms with van der Waals surface area (Å²) in [5.74, 6) is 1.95. The van der Waals surface area contributed by atoms with E-state index in [4.69, 9.17) is 9.72 Å². The van der Waals surface area contributed by atoms with Crippen molar-refractivity contribution in [1.82, 2.24) is 19.8 Å². The molecule has 2 aromatic heterocycles. The second-order valence-corrected chi connectivity index (χ2v) is 9.75. The minimum Gasteiger partial charge on any atom is -0.497 e. The number of hydrogen-bond acceptors (Lipinski definition) is 5. The highest BCUT2D eigenvalue weighted by Gasteiger charge is 2.27. The first-order valence-corrected chi connectivity index (χ1v) is 12.5. The number of piperidine rings is 1. The number of anilines is 1. The zero-order chi connectivity index (χ0) is 22.8. The topological polar surface area (TPSA) is 47.6 Å². The van der Waals surface area contributed by atoms with Gasteiger partial charge >= 0.3 is 0 Å². The fourth-order valence-electron chi connectivity index (χ4n) is 5.42. The molecule has 2 aliphatic rings. The molecular weight excluding hydrogens is 410 g/mol. The van der Waals surface area contributed by atoms with E-state index in [1.165, 1.54) is 44.3 Å². The molecule has 1 aromatic carbocycles. The van der Waals surface area contributed by atoms with Gasteiger partial charge < -0.3 is 19.5 Å². The number of nitrogens with zero attached hydrogens (tertiary/aromatic N) is 4. The number of aromatic amines is 1. The average Bonchev–Trinajstić information content (AvgIpc) is 3.12. The van der Waals surface area contributed by atoms with E-state index >= 15 is 0 Å². The van der Waals surface area contributed by atoms with Gasteiger partial charge in [0.05, 0.1) is 18.5 Å². The fourth-order valence-corrected chi connectivity index (χ4v) is 5.42. The van der Waals surface area contributed by atoms with Gasteiger partial charge in [0.1, 0.15) is 11.6 Å². The Morgan fingerprint density at radius 1 is 0.970 bits per heavy atom. The lowest BCUT2D eigenvalue weighted by Crippen LogP contribution is -2.47. The number of nitrogens with one attached hydrogen (secondary N) is 1. The van der Waals surface area contributed by atoms with Gasteiger partial charge in [-0.1, -0.05) is 6.07 Å². The molecule has 3 aromatic rings. The van der Waals surface area contributed by atoms with E-state index in [-0.39, 0.29) is 0 Å². The van der Waals surface area contributed by atoms with Crippen LogP contribution in [0.2, 0.25) is 0 Å². The average molecular weight is 448 g/mol. The molecule has 176 valence electrons. The summed E-state index contributed by atoms with van der Waals surface area (Å²) in [7, 11) is 1.70. The maximum Gasteiger partial charge on any atom is 0.129 e. The molecule has 6 nitrogen and oxygen atoms in total. The van der Waals surface area contributed by atoms with Gasteiger partial charge in [-0.2, -0.15) is 0 Å². The van der Waals surface area contributed by atoms with Crippen molar-refractivity contribution in [2.24, 2.45) is 0 Å². The van der Waals surface area contributed by atoms with Crippen molar-refractivity contribution < 1.29 is 4.74 Å². The Balaban J connectivity index is 1.26. The van der Waals surface area contributed by atoms with Crippen LogP contribution in [0.3, 0.4) is 0 Å². The molecule has 1 N–H and O–H groups in total. The predicted octanol–water partition coefficient (Wildman–Crippen LogP) is 4.62. The Kier molecular flexibility index (Phi) is 6.56. The lowest BCUT2D eigenvalue weighted by Gasteiger charge is -2.39. The molecule has 0 bridgehead atoms. The SMILES string of the molecule is COc1ccc2cc(-c3cccc(N4CCCN(C5CCN(C(C)C)CC5)CC4)n3)[nH]c2c1. The fraction of sp³-hybridized carbons (Fsp3) is 0.519. The number of aromatic nitrogens is 2. The molecule has 2 aliphatic heterocycles. The molecule has 5 rings (SSSR count). The molecule has 33 heavy (non-hydrogen) atoms. The number of pyridine rings is 1. The molecule has 6 heteroatoms. The number of rotatable bonds is 5. The first-order valence-electron chi connectivity index (χ1n) is 12.5. The molecule has 0 radical (unpaired) electrons. The lowest BCUT2D eigenvalue weighted by atomic mass is 10.0. The smallest absolute Gasteiger partial charge is 0.129 e. The maximum absolute atomic E-state index is 5.37. The number of likely N-dealkylation sites (tertiary alicyclic amines) is 1. The van der Waals surface area contributed by atoms with Crippen LogP contribution in [-0.2, 0) is 0 Å². The summed E-state index contributed by atoms with van der Waals surface area (Å²) < 4.78 is 5.37. The normalized spacial score (nSPS) is 19.3. The van der Waals surface area contributed by atoms with Crippen molar-refractivity contribution in [3.05, 3.63) is 42.5 Å². The van der Waals surface area contributed by atoms with Crippen molar-refractivity contribution in [3.63, 3.8) is 0 Å². The maximum atomic E-state index is 5.37. The van der Waals surface area contributed by atoms with Gasteiger partial charge in [-0.05, 0) is 76.5 Å². The van der Waals surface area contributed by atoms with Gasteiger partial charge in [0.2, 0.25) is 0 Å². The summed E-state index contributed by atoms with van der Waals surface area (Å²) >= 11 is 0. The minimum absolute atomic E-state index is 0.670. The number of fused-ring (bicyclic) bond motifs is 1. The lowest BCUT2D eigenvalue weighted by molar-refractivity contribution is 0.0965. The molecule has 0 spiro atoms. The van der Waals surface area contributed by atoms with E-state index in [0.29, 0.717) is 6.04 Å². The second-order valence-electron chi connectivity index (χ2n) is 9.75. The van der Waals surface area contributed by atoms with Crippen molar-refractivity contribution in [2.75, 3.05) is 51.3 Å². The molecule has 0 unspecified atom stereocenters. The van der Waals surface area contributed by atoms with Gasteiger partial charge in [-0.25, -0.2) is 4.98 Å². The van der Waals surface area contributed by atoms with Crippen LogP contribution in [0, 0.1) is 0 Å². The minimum atomic E-state index is 0.670. The van der Waals surface area contributed by atoms with E-state index in [1.54, 1.807) is 7.11 Å². The standard InChI is InChI=1S/C27H37N5O/c1-20(2)30-14-10-22(11-15-30)31-12-5-13-32(17-16-31)27-7-4-6-24(29-27)26-18-21-8-9-23(33-3)19-25(21)28-26/h4,6-9,18-20,22,28H,5,10-17H2,1-3H3. The van der Waals surface area contributed by atoms with Crippen LogP contribution in [-0.4, -0.2) is 78.2 Å². The van der Waals surface area contributed by atoms with Crippen LogP contribution in [0.4, 0.5) is 5.82 Å². The number of hydrogen-bond donors (Lipinski definition) is 1. The molecule has 4 heterocycles. The van der Waals surface area contributed by atoms with E-state index in [9.17, 15) is 0 Å². The van der Waals surface area contributed by atoms with Gasteiger partial charge in [0, 0.05) is 55.2 Å². The second kappa shape index (κ2) is 9.74. The Morgan fingerprint density at radius 3 is 2.61 bits per heavy atom.